The molecule has 8 heteroatoms. The number of aromatic nitrogens is 4. The van der Waals surface area contributed by atoms with Crippen LogP contribution in [0.25, 0.3) is 0 Å². The molecule has 1 fully saturated rings. The summed E-state index contributed by atoms with van der Waals surface area (Å²) < 4.78 is 9.11. The number of furan rings is 1. The third-order valence-corrected chi connectivity index (χ3v) is 4.75. The minimum Gasteiger partial charge on any atom is -0.454 e. The number of rotatable bonds is 6. The topological polar surface area (TPSA) is 98.1 Å². The Morgan fingerprint density at radius 2 is 2.27 bits per heavy atom. The predicted molar refractivity (Wildman–Crippen MR) is 92.2 cm³/mol. The van der Waals surface area contributed by atoms with Gasteiger partial charge in [0.25, 0.3) is 5.91 Å². The van der Waals surface area contributed by atoms with E-state index in [0.717, 1.165) is 5.56 Å². The monoisotopic (exact) mass is 355 g/mol. The van der Waals surface area contributed by atoms with E-state index in [-0.39, 0.29) is 29.7 Å². The van der Waals surface area contributed by atoms with Crippen LogP contribution in [0.3, 0.4) is 0 Å². The van der Waals surface area contributed by atoms with Gasteiger partial charge in [0.1, 0.15) is 5.76 Å². The van der Waals surface area contributed by atoms with Crippen LogP contribution in [-0.2, 0) is 13.6 Å². The van der Waals surface area contributed by atoms with Gasteiger partial charge in [-0.05, 0) is 37.0 Å². The van der Waals surface area contributed by atoms with Gasteiger partial charge < -0.3 is 14.8 Å². The number of hydrogen-bond acceptors (Lipinski definition) is 5. The van der Waals surface area contributed by atoms with Crippen molar-refractivity contribution in [3.63, 3.8) is 0 Å². The molecule has 1 aliphatic carbocycles. The summed E-state index contributed by atoms with van der Waals surface area (Å²) in [6.07, 6.45) is 8.22. The number of aryl methyl sites for hydroxylation is 1. The second-order valence-electron chi connectivity index (χ2n) is 6.75. The molecule has 136 valence electrons. The smallest absolute Gasteiger partial charge is 0.287 e. The first-order valence-corrected chi connectivity index (χ1v) is 8.62. The average molecular weight is 355 g/mol. The zero-order valence-corrected chi connectivity index (χ0v) is 14.4. The van der Waals surface area contributed by atoms with E-state index in [4.69, 9.17) is 4.42 Å². The maximum absolute atomic E-state index is 12.7. The van der Waals surface area contributed by atoms with E-state index in [9.17, 15) is 9.90 Å². The molecule has 1 atom stereocenters. The molecule has 0 spiro atoms. The normalized spacial score (nSPS) is 20.5. The number of amides is 1. The van der Waals surface area contributed by atoms with Crippen molar-refractivity contribution in [2.24, 2.45) is 13.0 Å². The van der Waals surface area contributed by atoms with E-state index in [0.29, 0.717) is 25.1 Å². The van der Waals surface area contributed by atoms with Crippen molar-refractivity contribution >= 4 is 5.91 Å². The number of aliphatic hydroxyl groups is 1. The van der Waals surface area contributed by atoms with Gasteiger partial charge in [-0.25, -0.2) is 0 Å². The van der Waals surface area contributed by atoms with Crippen LogP contribution < -0.4 is 5.32 Å². The molecule has 1 amide bonds. The van der Waals surface area contributed by atoms with Crippen molar-refractivity contribution in [3.05, 3.63) is 60.1 Å². The first kappa shape index (κ1) is 16.6. The van der Waals surface area contributed by atoms with Crippen LogP contribution in [0.2, 0.25) is 0 Å². The Balaban J connectivity index is 1.47. The number of hydrogen-bond donors (Lipinski definition) is 2. The molecule has 1 aliphatic rings. The van der Waals surface area contributed by atoms with Crippen LogP contribution >= 0.6 is 0 Å². The van der Waals surface area contributed by atoms with E-state index in [1.165, 1.54) is 0 Å². The van der Waals surface area contributed by atoms with Gasteiger partial charge in [0.05, 0.1) is 24.9 Å². The Morgan fingerprint density at radius 3 is 2.92 bits per heavy atom. The average Bonchev–Trinajstić information content (AvgIpc) is 3.32. The molecular weight excluding hydrogens is 334 g/mol. The summed E-state index contributed by atoms with van der Waals surface area (Å²) in [6, 6.07) is 5.09. The van der Waals surface area contributed by atoms with Crippen LogP contribution in [0.1, 0.15) is 40.8 Å². The number of nitrogens with one attached hydrogen (secondary N) is 1. The molecule has 3 heterocycles. The van der Waals surface area contributed by atoms with Gasteiger partial charge in [-0.1, -0.05) is 0 Å². The number of aliphatic hydroxyl groups excluding tert-OH is 1. The highest BCUT2D eigenvalue weighted by Gasteiger charge is 2.36. The van der Waals surface area contributed by atoms with Gasteiger partial charge in [0.2, 0.25) is 0 Å². The molecular formula is C18H21N5O3. The summed E-state index contributed by atoms with van der Waals surface area (Å²) in [5.74, 6) is 0.848. The molecule has 0 saturated heterocycles. The molecule has 26 heavy (non-hydrogen) atoms. The fourth-order valence-electron chi connectivity index (χ4n) is 3.33. The second kappa shape index (κ2) is 6.80. The lowest BCUT2D eigenvalue weighted by atomic mass is 9.75. The maximum atomic E-state index is 12.7. The molecule has 4 rings (SSSR count). The van der Waals surface area contributed by atoms with Gasteiger partial charge in [-0.2, -0.15) is 10.2 Å². The van der Waals surface area contributed by atoms with E-state index in [1.54, 1.807) is 33.9 Å². The van der Waals surface area contributed by atoms with Crippen molar-refractivity contribution < 1.29 is 14.3 Å². The quantitative estimate of drug-likeness (QED) is 0.698. The lowest BCUT2D eigenvalue weighted by Crippen LogP contribution is -2.41. The summed E-state index contributed by atoms with van der Waals surface area (Å²) in [4.78, 5) is 12.7. The number of carbonyl (C=O) groups excluding carboxylic acids is 1. The Bertz CT molecular complexity index is 876. The summed E-state index contributed by atoms with van der Waals surface area (Å²) in [7, 11) is 1.84. The Hall–Kier alpha value is -2.87. The van der Waals surface area contributed by atoms with Gasteiger partial charge >= 0.3 is 0 Å². The van der Waals surface area contributed by atoms with E-state index in [2.05, 4.69) is 15.5 Å². The molecule has 0 aliphatic heterocycles. The maximum Gasteiger partial charge on any atom is 0.287 e. The lowest BCUT2D eigenvalue weighted by molar-refractivity contribution is 0.0232. The van der Waals surface area contributed by atoms with Gasteiger partial charge in [-0.3, -0.25) is 14.2 Å². The van der Waals surface area contributed by atoms with Crippen molar-refractivity contribution in [1.29, 1.82) is 0 Å². The van der Waals surface area contributed by atoms with Crippen molar-refractivity contribution in [1.82, 2.24) is 24.9 Å². The molecule has 1 saturated carbocycles. The second-order valence-corrected chi connectivity index (χ2v) is 6.75. The molecule has 0 bridgehead atoms. The van der Waals surface area contributed by atoms with E-state index < -0.39 is 0 Å². The van der Waals surface area contributed by atoms with Crippen LogP contribution in [0.4, 0.5) is 0 Å². The largest absolute Gasteiger partial charge is 0.454 e. The third-order valence-electron chi connectivity index (χ3n) is 4.75. The van der Waals surface area contributed by atoms with Gasteiger partial charge in [-0.15, -0.1) is 0 Å². The molecule has 0 radical (unpaired) electrons. The fourth-order valence-corrected chi connectivity index (χ4v) is 3.33. The van der Waals surface area contributed by atoms with Crippen molar-refractivity contribution in [3.8, 4) is 0 Å². The minimum absolute atomic E-state index is 0.191. The zero-order chi connectivity index (χ0) is 18.1. The minimum atomic E-state index is -0.291. The standard InChI is InChI=1S/C18H21N5O3/c1-22-10-13(9-20-22)17(12-7-14(24)8-12)21-18(25)16-4-3-15(26-16)11-23-6-2-5-19-23/h2-6,9-10,12,14,17,24H,7-8,11H2,1H3,(H,21,25). The van der Waals surface area contributed by atoms with Crippen LogP contribution in [-0.4, -0.2) is 36.7 Å². The van der Waals surface area contributed by atoms with E-state index >= 15 is 0 Å². The predicted octanol–water partition coefficient (Wildman–Crippen LogP) is 1.50. The Morgan fingerprint density at radius 1 is 1.42 bits per heavy atom. The summed E-state index contributed by atoms with van der Waals surface area (Å²) in [6.45, 7) is 0.473. The fraction of sp³-hybridized carbons (Fsp3) is 0.389. The summed E-state index contributed by atoms with van der Waals surface area (Å²) >= 11 is 0. The van der Waals surface area contributed by atoms with E-state index in [1.807, 2.05) is 25.5 Å². The molecule has 3 aromatic heterocycles. The van der Waals surface area contributed by atoms with Gasteiger partial charge in [0, 0.05) is 31.2 Å². The molecule has 2 N–H and O–H groups in total. The number of nitrogens with zero attached hydrogens (tertiary/aromatic N) is 4. The first-order chi connectivity index (χ1) is 12.6. The highest BCUT2D eigenvalue weighted by atomic mass is 16.4. The first-order valence-electron chi connectivity index (χ1n) is 8.62. The highest BCUT2D eigenvalue weighted by Crippen LogP contribution is 2.38. The van der Waals surface area contributed by atoms with Crippen LogP contribution in [0.15, 0.2) is 47.4 Å². The van der Waals surface area contributed by atoms with Crippen LogP contribution in [0, 0.1) is 5.92 Å². The molecule has 0 aromatic carbocycles. The lowest BCUT2D eigenvalue weighted by Gasteiger charge is -2.37. The van der Waals surface area contributed by atoms with Gasteiger partial charge in [0.15, 0.2) is 5.76 Å². The summed E-state index contributed by atoms with van der Waals surface area (Å²) in [5, 5.41) is 21.0. The number of carbonyl (C=O) groups is 1. The van der Waals surface area contributed by atoms with Crippen molar-refractivity contribution in [2.45, 2.75) is 31.5 Å². The SMILES string of the molecule is Cn1cc(C(NC(=O)c2ccc(Cn3cccn3)o2)C2CC(O)C2)cn1. The molecule has 3 aromatic rings. The van der Waals surface area contributed by atoms with Crippen LogP contribution in [0.5, 0.6) is 0 Å². The summed E-state index contributed by atoms with van der Waals surface area (Å²) in [5.41, 5.74) is 0.932. The Kier molecular flexibility index (Phi) is 4.34. The zero-order valence-electron chi connectivity index (χ0n) is 14.4. The highest BCUT2D eigenvalue weighted by molar-refractivity contribution is 5.91. The molecule has 8 nitrogen and oxygen atoms in total. The third kappa shape index (κ3) is 3.41. The Labute approximate surface area is 150 Å². The van der Waals surface area contributed by atoms with Crippen molar-refractivity contribution in [2.75, 3.05) is 0 Å². The molecule has 1 unspecified atom stereocenters.